The number of ketones is 1. The lowest BCUT2D eigenvalue weighted by Crippen LogP contribution is -2.01. The maximum absolute atomic E-state index is 11.5. The Labute approximate surface area is 118 Å². The zero-order valence-electron chi connectivity index (χ0n) is 11.8. The van der Waals surface area contributed by atoms with E-state index in [9.17, 15) is 4.79 Å². The van der Waals surface area contributed by atoms with Gasteiger partial charge in [-0.3, -0.25) is 4.79 Å². The Hall–Kier alpha value is -2.17. The zero-order valence-corrected chi connectivity index (χ0v) is 11.8. The molecule has 0 spiro atoms. The first-order valence-corrected chi connectivity index (χ1v) is 6.80. The van der Waals surface area contributed by atoms with Gasteiger partial charge in [-0.1, -0.05) is 24.2 Å². The lowest BCUT2D eigenvalue weighted by Gasteiger charge is -2.02. The zero-order chi connectivity index (χ0) is 14.4. The molecule has 0 radical (unpaired) electrons. The number of benzene rings is 1. The number of hydrogen-bond acceptors (Lipinski definition) is 5. The third-order valence-corrected chi connectivity index (χ3v) is 2.75. The van der Waals surface area contributed by atoms with Gasteiger partial charge in [0.2, 0.25) is 11.7 Å². The van der Waals surface area contributed by atoms with E-state index in [-0.39, 0.29) is 12.2 Å². The third kappa shape index (κ3) is 3.66. The summed E-state index contributed by atoms with van der Waals surface area (Å²) in [4.78, 5) is 15.8. The van der Waals surface area contributed by atoms with E-state index in [0.29, 0.717) is 24.7 Å². The van der Waals surface area contributed by atoms with E-state index >= 15 is 0 Å². The molecule has 0 fully saturated rings. The van der Waals surface area contributed by atoms with Crippen LogP contribution >= 0.6 is 0 Å². The fourth-order valence-electron chi connectivity index (χ4n) is 1.87. The number of rotatable bonds is 7. The van der Waals surface area contributed by atoms with Crippen molar-refractivity contribution in [1.82, 2.24) is 10.1 Å². The molecule has 0 aliphatic heterocycles. The minimum absolute atomic E-state index is 0.116. The van der Waals surface area contributed by atoms with Gasteiger partial charge in [-0.05, 0) is 25.5 Å². The number of carbonyl (C=O) groups is 1. The maximum atomic E-state index is 11.5. The molecule has 2 aromatic rings. The van der Waals surface area contributed by atoms with Gasteiger partial charge in [0.25, 0.3) is 0 Å². The number of Topliss-reactive ketones (excluding diaryl/α,β-unsaturated/α-hetero) is 1. The molecule has 1 heterocycles. The molecule has 5 nitrogen and oxygen atoms in total. The fraction of sp³-hybridized carbons (Fsp3) is 0.400. The van der Waals surface area contributed by atoms with Crippen molar-refractivity contribution in [2.75, 3.05) is 6.61 Å². The minimum Gasteiger partial charge on any atom is -0.494 e. The fourth-order valence-corrected chi connectivity index (χ4v) is 1.87. The largest absolute Gasteiger partial charge is 0.494 e. The van der Waals surface area contributed by atoms with Crippen LogP contribution < -0.4 is 4.74 Å². The Morgan fingerprint density at radius 3 is 2.95 bits per heavy atom. The van der Waals surface area contributed by atoms with Gasteiger partial charge in [-0.2, -0.15) is 4.98 Å². The number of carbonyl (C=O) groups excluding carboxylic acids is 1. The molecule has 0 saturated heterocycles. The van der Waals surface area contributed by atoms with Gasteiger partial charge in [0.1, 0.15) is 11.5 Å². The van der Waals surface area contributed by atoms with E-state index in [4.69, 9.17) is 9.26 Å². The van der Waals surface area contributed by atoms with Gasteiger partial charge in [0.05, 0.1) is 13.0 Å². The first kappa shape index (κ1) is 14.2. The highest BCUT2D eigenvalue weighted by molar-refractivity contribution is 5.79. The smallest absolute Gasteiger partial charge is 0.234 e. The molecule has 0 bridgehead atoms. The van der Waals surface area contributed by atoms with Crippen LogP contribution in [0.5, 0.6) is 5.75 Å². The summed E-state index contributed by atoms with van der Waals surface area (Å²) in [7, 11) is 0. The van der Waals surface area contributed by atoms with Gasteiger partial charge >= 0.3 is 0 Å². The second-order valence-corrected chi connectivity index (χ2v) is 4.44. The van der Waals surface area contributed by atoms with Gasteiger partial charge in [-0.25, -0.2) is 0 Å². The second kappa shape index (κ2) is 6.84. The first-order chi connectivity index (χ1) is 9.72. The number of ether oxygens (including phenoxy) is 1. The van der Waals surface area contributed by atoms with Crippen molar-refractivity contribution in [3.05, 3.63) is 30.2 Å². The highest BCUT2D eigenvalue weighted by Crippen LogP contribution is 2.21. The summed E-state index contributed by atoms with van der Waals surface area (Å²) < 4.78 is 10.5. The van der Waals surface area contributed by atoms with Gasteiger partial charge < -0.3 is 9.26 Å². The van der Waals surface area contributed by atoms with E-state index in [0.717, 1.165) is 17.7 Å². The highest BCUT2D eigenvalue weighted by atomic mass is 16.5. The number of nitrogens with zero attached hydrogens (tertiary/aromatic N) is 2. The van der Waals surface area contributed by atoms with Crippen molar-refractivity contribution in [2.24, 2.45) is 0 Å². The van der Waals surface area contributed by atoms with Crippen LogP contribution in [0.3, 0.4) is 0 Å². The van der Waals surface area contributed by atoms with Crippen molar-refractivity contribution in [3.63, 3.8) is 0 Å². The predicted molar refractivity (Wildman–Crippen MR) is 74.5 cm³/mol. The Kier molecular flexibility index (Phi) is 4.87. The second-order valence-electron chi connectivity index (χ2n) is 4.44. The first-order valence-electron chi connectivity index (χ1n) is 6.80. The molecule has 0 saturated carbocycles. The van der Waals surface area contributed by atoms with E-state index in [2.05, 4.69) is 10.1 Å². The van der Waals surface area contributed by atoms with Crippen LogP contribution in [0.25, 0.3) is 11.4 Å². The van der Waals surface area contributed by atoms with Gasteiger partial charge in [0, 0.05) is 12.0 Å². The molecule has 0 unspecified atom stereocenters. The molecule has 0 aliphatic rings. The van der Waals surface area contributed by atoms with E-state index < -0.39 is 0 Å². The molecule has 0 atom stereocenters. The highest BCUT2D eigenvalue weighted by Gasteiger charge is 2.12. The van der Waals surface area contributed by atoms with Crippen molar-refractivity contribution in [3.8, 4) is 17.1 Å². The topological polar surface area (TPSA) is 65.2 Å². The Morgan fingerprint density at radius 1 is 1.35 bits per heavy atom. The average molecular weight is 274 g/mol. The minimum atomic E-state index is 0.116. The van der Waals surface area contributed by atoms with E-state index in [1.165, 1.54) is 0 Å². The summed E-state index contributed by atoms with van der Waals surface area (Å²) in [5, 5.41) is 3.91. The molecular formula is C15H18N2O3. The van der Waals surface area contributed by atoms with Crippen molar-refractivity contribution < 1.29 is 14.1 Å². The molecule has 5 heteroatoms. The normalized spacial score (nSPS) is 10.5. The molecule has 2 rings (SSSR count). The van der Waals surface area contributed by atoms with E-state index in [1.54, 1.807) is 0 Å². The lowest BCUT2D eigenvalue weighted by molar-refractivity contribution is -0.118. The van der Waals surface area contributed by atoms with Crippen molar-refractivity contribution >= 4 is 5.78 Å². The monoisotopic (exact) mass is 274 g/mol. The van der Waals surface area contributed by atoms with Crippen LogP contribution in [0, 0.1) is 0 Å². The van der Waals surface area contributed by atoms with Crippen LogP contribution in [0.1, 0.15) is 32.6 Å². The van der Waals surface area contributed by atoms with Crippen LogP contribution in [0.2, 0.25) is 0 Å². The maximum Gasteiger partial charge on any atom is 0.234 e. The molecule has 0 N–H and O–H groups in total. The summed E-state index contributed by atoms with van der Waals surface area (Å²) in [5.41, 5.74) is 0.814. The standard InChI is InChI=1S/C15H18N2O3/c1-3-6-12(18)10-14-16-15(17-20-14)11-7-5-8-13(9-11)19-4-2/h5,7-9H,3-4,6,10H2,1-2H3. The lowest BCUT2D eigenvalue weighted by atomic mass is 10.2. The quantitative estimate of drug-likeness (QED) is 0.776. The van der Waals surface area contributed by atoms with Crippen LogP contribution in [0.4, 0.5) is 0 Å². The average Bonchev–Trinajstić information content (AvgIpc) is 2.88. The van der Waals surface area contributed by atoms with E-state index in [1.807, 2.05) is 38.1 Å². The summed E-state index contributed by atoms with van der Waals surface area (Å²) in [6, 6.07) is 7.48. The van der Waals surface area contributed by atoms with Crippen LogP contribution in [-0.2, 0) is 11.2 Å². The molecule has 1 aromatic heterocycles. The third-order valence-electron chi connectivity index (χ3n) is 2.75. The molecule has 0 amide bonds. The Balaban J connectivity index is 2.12. The molecule has 20 heavy (non-hydrogen) atoms. The molecule has 106 valence electrons. The summed E-state index contributed by atoms with van der Waals surface area (Å²) in [6.07, 6.45) is 1.57. The van der Waals surface area contributed by atoms with Crippen LogP contribution in [0.15, 0.2) is 28.8 Å². The number of aromatic nitrogens is 2. The molecule has 0 aliphatic carbocycles. The SMILES string of the molecule is CCCC(=O)Cc1nc(-c2cccc(OCC)c2)no1. The Bertz CT molecular complexity index is 578. The van der Waals surface area contributed by atoms with Gasteiger partial charge in [0.15, 0.2) is 0 Å². The molecular weight excluding hydrogens is 256 g/mol. The number of hydrogen-bond donors (Lipinski definition) is 0. The molecule has 1 aromatic carbocycles. The Morgan fingerprint density at radius 2 is 2.20 bits per heavy atom. The van der Waals surface area contributed by atoms with Crippen molar-refractivity contribution in [1.29, 1.82) is 0 Å². The van der Waals surface area contributed by atoms with Crippen molar-refractivity contribution in [2.45, 2.75) is 33.1 Å². The summed E-state index contributed by atoms with van der Waals surface area (Å²) in [5.74, 6) is 1.72. The van der Waals surface area contributed by atoms with Gasteiger partial charge in [-0.15, -0.1) is 0 Å². The predicted octanol–water partition coefficient (Wildman–Crippen LogP) is 3.05. The summed E-state index contributed by atoms with van der Waals surface area (Å²) >= 11 is 0. The summed E-state index contributed by atoms with van der Waals surface area (Å²) in [6.45, 7) is 4.50. The van der Waals surface area contributed by atoms with Crippen LogP contribution in [-0.4, -0.2) is 22.5 Å².